The minimum atomic E-state index is -3.62. The number of hydrogen-bond acceptors (Lipinski definition) is 1. The van der Waals surface area contributed by atoms with Gasteiger partial charge in [-0.2, -0.15) is 8.78 Å². The van der Waals surface area contributed by atoms with Crippen LogP contribution in [0, 0.1) is 13.8 Å². The third-order valence-electron chi connectivity index (χ3n) is 2.16. The van der Waals surface area contributed by atoms with Crippen LogP contribution in [-0.4, -0.2) is 10.5 Å². The fourth-order valence-corrected chi connectivity index (χ4v) is 1.25. The Hall–Kier alpha value is -0.670. The highest BCUT2D eigenvalue weighted by molar-refractivity contribution is 6.22. The molecule has 0 aliphatic carbocycles. The SMILES string of the molecule is Cc1ccc(C(O)C(F)(F)Cl)cc1C. The summed E-state index contributed by atoms with van der Waals surface area (Å²) in [5.74, 6) is 0. The number of benzene rings is 1. The average Bonchev–Trinajstić information content (AvgIpc) is 2.07. The fraction of sp³-hybridized carbons (Fsp3) is 0.400. The molecule has 1 nitrogen and oxygen atoms in total. The molecule has 0 amide bonds. The molecule has 0 radical (unpaired) electrons. The van der Waals surface area contributed by atoms with Crippen molar-refractivity contribution in [1.82, 2.24) is 0 Å². The lowest BCUT2D eigenvalue weighted by molar-refractivity contribution is -0.0424. The van der Waals surface area contributed by atoms with Gasteiger partial charge in [-0.05, 0) is 42.1 Å². The van der Waals surface area contributed by atoms with E-state index in [0.29, 0.717) is 0 Å². The van der Waals surface area contributed by atoms with Gasteiger partial charge in [0.15, 0.2) is 6.10 Å². The number of alkyl halides is 3. The largest absolute Gasteiger partial charge is 0.381 e. The normalized spacial score (nSPS) is 14.1. The maximum absolute atomic E-state index is 12.5. The van der Waals surface area contributed by atoms with Crippen molar-refractivity contribution >= 4 is 11.6 Å². The second kappa shape index (κ2) is 3.83. The number of rotatable bonds is 2. The molecule has 0 aromatic heterocycles. The quantitative estimate of drug-likeness (QED) is 0.759. The summed E-state index contributed by atoms with van der Waals surface area (Å²) in [6.45, 7) is 3.66. The predicted molar refractivity (Wildman–Crippen MR) is 51.7 cm³/mol. The van der Waals surface area contributed by atoms with Crippen LogP contribution in [0.2, 0.25) is 0 Å². The van der Waals surface area contributed by atoms with E-state index < -0.39 is 11.5 Å². The summed E-state index contributed by atoms with van der Waals surface area (Å²) in [6, 6.07) is 4.64. The molecule has 1 aromatic carbocycles. The van der Waals surface area contributed by atoms with Gasteiger partial charge in [0.25, 0.3) is 0 Å². The highest BCUT2D eigenvalue weighted by Crippen LogP contribution is 2.35. The van der Waals surface area contributed by atoms with Crippen molar-refractivity contribution in [3.05, 3.63) is 34.9 Å². The van der Waals surface area contributed by atoms with Crippen molar-refractivity contribution in [1.29, 1.82) is 0 Å². The standard InChI is InChI=1S/C10H11ClF2O/c1-6-3-4-8(5-7(6)2)9(14)10(11,12)13/h3-5,9,14H,1-2H3. The molecule has 1 rings (SSSR count). The van der Waals surface area contributed by atoms with Crippen molar-refractivity contribution in [3.63, 3.8) is 0 Å². The molecule has 0 aliphatic heterocycles. The minimum absolute atomic E-state index is 0.133. The molecule has 14 heavy (non-hydrogen) atoms. The number of hydrogen-bond donors (Lipinski definition) is 1. The van der Waals surface area contributed by atoms with Crippen molar-refractivity contribution < 1.29 is 13.9 Å². The molecule has 0 bridgehead atoms. The third kappa shape index (κ3) is 2.42. The van der Waals surface area contributed by atoms with Gasteiger partial charge in [0.2, 0.25) is 0 Å². The Morgan fingerprint density at radius 1 is 1.29 bits per heavy atom. The number of halogens is 3. The first-order chi connectivity index (χ1) is 6.32. The van der Waals surface area contributed by atoms with Gasteiger partial charge in [-0.25, -0.2) is 0 Å². The summed E-state index contributed by atoms with van der Waals surface area (Å²) < 4.78 is 25.1. The van der Waals surface area contributed by atoms with Gasteiger partial charge in [-0.15, -0.1) is 0 Å². The van der Waals surface area contributed by atoms with E-state index in [1.807, 2.05) is 6.92 Å². The van der Waals surface area contributed by atoms with Crippen LogP contribution in [0.15, 0.2) is 18.2 Å². The van der Waals surface area contributed by atoms with E-state index in [2.05, 4.69) is 0 Å². The second-order valence-electron chi connectivity index (χ2n) is 3.29. The molecule has 0 fully saturated rings. The summed E-state index contributed by atoms with van der Waals surface area (Å²) in [4.78, 5) is 0. The van der Waals surface area contributed by atoms with Gasteiger partial charge in [0.05, 0.1) is 0 Å². The number of aryl methyl sites for hydroxylation is 2. The van der Waals surface area contributed by atoms with Gasteiger partial charge < -0.3 is 5.11 Å². The monoisotopic (exact) mass is 220 g/mol. The fourth-order valence-electron chi connectivity index (χ4n) is 1.12. The smallest absolute Gasteiger partial charge is 0.351 e. The Morgan fingerprint density at radius 2 is 1.86 bits per heavy atom. The van der Waals surface area contributed by atoms with Gasteiger partial charge in [0, 0.05) is 0 Å². The Labute approximate surface area is 86.3 Å². The Morgan fingerprint density at radius 3 is 2.29 bits per heavy atom. The minimum Gasteiger partial charge on any atom is -0.381 e. The Kier molecular flexibility index (Phi) is 3.12. The average molecular weight is 221 g/mol. The van der Waals surface area contributed by atoms with E-state index in [9.17, 15) is 13.9 Å². The predicted octanol–water partition coefficient (Wildman–Crippen LogP) is 3.17. The topological polar surface area (TPSA) is 20.2 Å². The van der Waals surface area contributed by atoms with Crippen LogP contribution in [0.25, 0.3) is 0 Å². The van der Waals surface area contributed by atoms with Crippen molar-refractivity contribution in [2.45, 2.75) is 25.3 Å². The lowest BCUT2D eigenvalue weighted by Gasteiger charge is -2.17. The first-order valence-electron chi connectivity index (χ1n) is 4.14. The summed E-state index contributed by atoms with van der Waals surface area (Å²) in [5, 5.41) is 5.57. The molecular formula is C10H11ClF2O. The molecule has 78 valence electrons. The number of aliphatic hydroxyl groups is 1. The first kappa shape index (κ1) is 11.4. The van der Waals surface area contributed by atoms with E-state index in [1.165, 1.54) is 12.1 Å². The molecule has 0 aliphatic rings. The summed E-state index contributed by atoms with van der Waals surface area (Å²) in [7, 11) is 0. The number of aliphatic hydroxyl groups excluding tert-OH is 1. The van der Waals surface area contributed by atoms with E-state index in [-0.39, 0.29) is 5.56 Å². The van der Waals surface area contributed by atoms with Crippen molar-refractivity contribution in [3.8, 4) is 0 Å². The van der Waals surface area contributed by atoms with Crippen molar-refractivity contribution in [2.24, 2.45) is 0 Å². The molecule has 1 aromatic rings. The summed E-state index contributed by atoms with van der Waals surface area (Å²) in [6.07, 6.45) is -1.96. The maximum atomic E-state index is 12.5. The van der Waals surface area contributed by atoms with Crippen LogP contribution in [0.3, 0.4) is 0 Å². The zero-order chi connectivity index (χ0) is 10.9. The molecule has 1 N–H and O–H groups in total. The van der Waals surface area contributed by atoms with Crippen LogP contribution in [0.1, 0.15) is 22.8 Å². The Balaban J connectivity index is 3.03. The Bertz CT molecular complexity index is 333. The van der Waals surface area contributed by atoms with E-state index in [4.69, 9.17) is 11.6 Å². The lowest BCUT2D eigenvalue weighted by atomic mass is 10.0. The zero-order valence-electron chi connectivity index (χ0n) is 7.89. The van der Waals surface area contributed by atoms with E-state index >= 15 is 0 Å². The molecule has 4 heteroatoms. The molecular weight excluding hydrogens is 210 g/mol. The zero-order valence-corrected chi connectivity index (χ0v) is 8.65. The summed E-state index contributed by atoms with van der Waals surface area (Å²) in [5.41, 5.74) is 1.97. The highest BCUT2D eigenvalue weighted by Gasteiger charge is 2.36. The van der Waals surface area contributed by atoms with Gasteiger partial charge in [-0.1, -0.05) is 18.2 Å². The van der Waals surface area contributed by atoms with Crippen LogP contribution in [0.5, 0.6) is 0 Å². The molecule has 0 saturated carbocycles. The van der Waals surface area contributed by atoms with Gasteiger partial charge >= 0.3 is 5.38 Å². The van der Waals surface area contributed by atoms with Gasteiger partial charge in [0.1, 0.15) is 0 Å². The molecule has 0 spiro atoms. The van der Waals surface area contributed by atoms with Crippen LogP contribution in [0.4, 0.5) is 8.78 Å². The summed E-state index contributed by atoms with van der Waals surface area (Å²) >= 11 is 4.73. The first-order valence-corrected chi connectivity index (χ1v) is 4.52. The van der Waals surface area contributed by atoms with Gasteiger partial charge in [-0.3, -0.25) is 0 Å². The van der Waals surface area contributed by atoms with Crippen molar-refractivity contribution in [2.75, 3.05) is 0 Å². The van der Waals surface area contributed by atoms with E-state index in [0.717, 1.165) is 11.1 Å². The van der Waals surface area contributed by atoms with E-state index in [1.54, 1.807) is 13.0 Å². The molecule has 0 saturated heterocycles. The van der Waals surface area contributed by atoms with Crippen LogP contribution in [-0.2, 0) is 0 Å². The maximum Gasteiger partial charge on any atom is 0.351 e. The molecule has 1 unspecified atom stereocenters. The second-order valence-corrected chi connectivity index (χ2v) is 3.79. The lowest BCUT2D eigenvalue weighted by Crippen LogP contribution is -2.18. The van der Waals surface area contributed by atoms with Crippen LogP contribution < -0.4 is 0 Å². The molecule has 1 atom stereocenters. The molecule has 0 heterocycles. The van der Waals surface area contributed by atoms with Crippen LogP contribution >= 0.6 is 11.6 Å². The third-order valence-corrected chi connectivity index (χ3v) is 2.36. The highest BCUT2D eigenvalue weighted by atomic mass is 35.5.